The Labute approximate surface area is 190 Å². The van der Waals surface area contributed by atoms with Crippen LogP contribution in [0.1, 0.15) is 48.3 Å². The Morgan fingerprint density at radius 1 is 1.10 bits per heavy atom. The van der Waals surface area contributed by atoms with Gasteiger partial charge in [0.1, 0.15) is 11.6 Å². The van der Waals surface area contributed by atoms with Crippen molar-refractivity contribution in [3.63, 3.8) is 0 Å². The summed E-state index contributed by atoms with van der Waals surface area (Å²) in [6.07, 6.45) is 5.11. The number of aryl methyl sites for hydroxylation is 1. The number of sulfone groups is 1. The molecule has 0 aromatic heterocycles. The Kier molecular flexibility index (Phi) is 8.00. The lowest BCUT2D eigenvalue weighted by atomic mass is 9.76. The van der Waals surface area contributed by atoms with E-state index in [2.05, 4.69) is 6.07 Å². The summed E-state index contributed by atoms with van der Waals surface area (Å²) in [5.41, 5.74) is 9.81. The van der Waals surface area contributed by atoms with Crippen molar-refractivity contribution in [2.75, 3.05) is 18.1 Å². The van der Waals surface area contributed by atoms with Gasteiger partial charge in [-0.15, -0.1) is 12.4 Å². The van der Waals surface area contributed by atoms with Gasteiger partial charge in [0.25, 0.3) is 0 Å². The van der Waals surface area contributed by atoms with E-state index in [1.807, 2.05) is 18.2 Å². The molecule has 0 radical (unpaired) electrons. The van der Waals surface area contributed by atoms with Crippen LogP contribution >= 0.6 is 12.4 Å². The monoisotopic (exact) mass is 467 g/mol. The van der Waals surface area contributed by atoms with Gasteiger partial charge in [0.15, 0.2) is 9.84 Å². The van der Waals surface area contributed by atoms with Crippen molar-refractivity contribution in [1.82, 2.24) is 0 Å². The van der Waals surface area contributed by atoms with Crippen LogP contribution in [0.4, 0.5) is 4.39 Å². The molecule has 7 heteroatoms. The Hall–Kier alpha value is -1.63. The third-order valence-corrected chi connectivity index (χ3v) is 8.07. The highest BCUT2D eigenvalue weighted by atomic mass is 35.5. The van der Waals surface area contributed by atoms with E-state index in [4.69, 9.17) is 10.5 Å². The van der Waals surface area contributed by atoms with Gasteiger partial charge in [-0.3, -0.25) is 0 Å². The molecule has 0 aliphatic heterocycles. The topological polar surface area (TPSA) is 69.4 Å². The summed E-state index contributed by atoms with van der Waals surface area (Å²) in [6.45, 7) is 0.378. The van der Waals surface area contributed by atoms with Gasteiger partial charge in [0, 0.05) is 12.0 Å². The fourth-order valence-corrected chi connectivity index (χ4v) is 6.14. The third kappa shape index (κ3) is 6.67. The van der Waals surface area contributed by atoms with E-state index < -0.39 is 9.84 Å². The van der Waals surface area contributed by atoms with E-state index in [1.54, 1.807) is 12.1 Å². The molecule has 2 aromatic carbocycles. The Balaban J connectivity index is 0.00000272. The van der Waals surface area contributed by atoms with Gasteiger partial charge in [-0.2, -0.15) is 0 Å². The molecule has 0 amide bonds. The maximum Gasteiger partial charge on any atom is 0.150 e. The van der Waals surface area contributed by atoms with Crippen LogP contribution in [0.3, 0.4) is 0 Å². The van der Waals surface area contributed by atoms with Crippen molar-refractivity contribution in [3.05, 3.63) is 65.0 Å². The predicted octanol–water partition coefficient (Wildman–Crippen LogP) is 4.44. The van der Waals surface area contributed by atoms with Crippen LogP contribution in [-0.4, -0.2) is 32.6 Å². The van der Waals surface area contributed by atoms with Crippen LogP contribution in [0.5, 0.6) is 5.75 Å². The molecule has 4 rings (SSSR count). The fourth-order valence-electron chi connectivity index (χ4n) is 4.36. The molecule has 170 valence electrons. The molecule has 1 saturated carbocycles. The summed E-state index contributed by atoms with van der Waals surface area (Å²) >= 11 is 0. The Morgan fingerprint density at radius 2 is 1.90 bits per heavy atom. The third-order valence-electron chi connectivity index (χ3n) is 6.18. The van der Waals surface area contributed by atoms with Crippen LogP contribution in [0.15, 0.2) is 42.5 Å². The molecule has 1 fully saturated rings. The van der Waals surface area contributed by atoms with E-state index in [9.17, 15) is 12.8 Å². The number of hydrogen-bond donors (Lipinski definition) is 1. The first-order valence-corrected chi connectivity index (χ1v) is 12.7. The minimum atomic E-state index is -2.97. The molecule has 2 atom stereocenters. The van der Waals surface area contributed by atoms with Gasteiger partial charge >= 0.3 is 0 Å². The summed E-state index contributed by atoms with van der Waals surface area (Å²) in [7, 11) is -2.97. The maximum absolute atomic E-state index is 13.6. The second kappa shape index (κ2) is 10.3. The maximum atomic E-state index is 13.6. The van der Waals surface area contributed by atoms with Crippen molar-refractivity contribution in [2.24, 2.45) is 11.7 Å². The second-order valence-electron chi connectivity index (χ2n) is 8.76. The van der Waals surface area contributed by atoms with Crippen molar-refractivity contribution in [1.29, 1.82) is 0 Å². The van der Waals surface area contributed by atoms with E-state index in [1.165, 1.54) is 11.6 Å². The number of halogens is 2. The van der Waals surface area contributed by atoms with Crippen LogP contribution < -0.4 is 10.5 Å². The highest BCUT2D eigenvalue weighted by Gasteiger charge is 2.29. The SMILES string of the molecule is Cl.NC1CCc2ccc(OCCCS(=O)(=O)CC3CC3)cc2C1Cc1cccc(F)c1. The molecule has 0 bridgehead atoms. The van der Waals surface area contributed by atoms with Gasteiger partial charge in [0.2, 0.25) is 0 Å². The zero-order valence-electron chi connectivity index (χ0n) is 17.6. The number of nitrogens with two attached hydrogens (primary N) is 1. The quantitative estimate of drug-likeness (QED) is 0.553. The minimum absolute atomic E-state index is 0. The van der Waals surface area contributed by atoms with Gasteiger partial charge in [-0.1, -0.05) is 18.2 Å². The molecule has 2 aliphatic carbocycles. The minimum Gasteiger partial charge on any atom is -0.494 e. The summed E-state index contributed by atoms with van der Waals surface area (Å²) in [6, 6.07) is 12.8. The molecule has 0 saturated heterocycles. The largest absolute Gasteiger partial charge is 0.494 e. The van der Waals surface area contributed by atoms with E-state index in [-0.39, 0.29) is 35.9 Å². The predicted molar refractivity (Wildman–Crippen MR) is 124 cm³/mol. The normalized spacial score (nSPS) is 20.6. The fraction of sp³-hybridized carbons (Fsp3) is 0.500. The van der Waals surface area contributed by atoms with E-state index >= 15 is 0 Å². The number of hydrogen-bond acceptors (Lipinski definition) is 4. The Bertz CT molecular complexity index is 994. The van der Waals surface area contributed by atoms with Crippen LogP contribution in [-0.2, 0) is 22.7 Å². The van der Waals surface area contributed by atoms with Crippen LogP contribution in [0.25, 0.3) is 0 Å². The van der Waals surface area contributed by atoms with Gasteiger partial charge in [-0.05, 0) is 85.4 Å². The summed E-state index contributed by atoms with van der Waals surface area (Å²) < 4.78 is 43.6. The Morgan fingerprint density at radius 3 is 2.65 bits per heavy atom. The highest BCUT2D eigenvalue weighted by Crippen LogP contribution is 2.36. The lowest BCUT2D eigenvalue weighted by Crippen LogP contribution is -2.34. The average Bonchev–Trinajstić information content (AvgIpc) is 3.51. The molecular formula is C24H31ClFNO3S. The van der Waals surface area contributed by atoms with Crippen molar-refractivity contribution in [2.45, 2.75) is 50.5 Å². The zero-order chi connectivity index (χ0) is 21.1. The first-order valence-electron chi connectivity index (χ1n) is 10.9. The lowest BCUT2D eigenvalue weighted by molar-refractivity contribution is 0.316. The summed E-state index contributed by atoms with van der Waals surface area (Å²) in [4.78, 5) is 0. The molecule has 0 heterocycles. The lowest BCUT2D eigenvalue weighted by Gasteiger charge is -2.32. The summed E-state index contributed by atoms with van der Waals surface area (Å²) in [5, 5.41) is 0. The molecule has 2 unspecified atom stereocenters. The van der Waals surface area contributed by atoms with Crippen LogP contribution in [0.2, 0.25) is 0 Å². The molecule has 31 heavy (non-hydrogen) atoms. The van der Waals surface area contributed by atoms with E-state index in [0.29, 0.717) is 31.1 Å². The van der Waals surface area contributed by atoms with Crippen LogP contribution in [0, 0.1) is 11.7 Å². The smallest absolute Gasteiger partial charge is 0.150 e. The first kappa shape index (κ1) is 24.0. The average molecular weight is 468 g/mol. The van der Waals surface area contributed by atoms with Gasteiger partial charge in [0.05, 0.1) is 18.1 Å². The second-order valence-corrected chi connectivity index (χ2v) is 11.0. The van der Waals surface area contributed by atoms with Crippen molar-refractivity contribution >= 4 is 22.2 Å². The van der Waals surface area contributed by atoms with Crippen molar-refractivity contribution < 1.29 is 17.5 Å². The molecule has 4 nitrogen and oxygen atoms in total. The standard InChI is InChI=1S/C24H30FNO3S.ClH/c25-20-4-1-3-18(13-20)14-23-22-15-21(9-7-19(22)8-10-24(23)26)29-11-2-12-30(27,28)16-17-5-6-17;/h1,3-4,7,9,13,15,17,23-24H,2,5-6,8,10-12,14,16,26H2;1H. The van der Waals surface area contributed by atoms with Gasteiger partial charge in [-0.25, -0.2) is 12.8 Å². The highest BCUT2D eigenvalue weighted by molar-refractivity contribution is 7.91. The van der Waals surface area contributed by atoms with Crippen molar-refractivity contribution in [3.8, 4) is 5.75 Å². The number of ether oxygens (including phenoxy) is 1. The molecule has 0 spiro atoms. The van der Waals surface area contributed by atoms with E-state index in [0.717, 1.165) is 42.6 Å². The molecule has 2 N–H and O–H groups in total. The summed E-state index contributed by atoms with van der Waals surface area (Å²) in [5.74, 6) is 1.51. The van der Waals surface area contributed by atoms with Gasteiger partial charge < -0.3 is 10.5 Å². The number of rotatable bonds is 9. The molecular weight excluding hydrogens is 437 g/mol. The zero-order valence-corrected chi connectivity index (χ0v) is 19.3. The number of fused-ring (bicyclic) bond motifs is 1. The number of benzene rings is 2. The molecule has 2 aliphatic rings. The first-order chi connectivity index (χ1) is 14.4. The molecule has 2 aromatic rings.